The van der Waals surface area contributed by atoms with Crippen LogP contribution >= 0.6 is 12.6 Å². The zero-order valence-electron chi connectivity index (χ0n) is 16.7. The summed E-state index contributed by atoms with van der Waals surface area (Å²) < 4.78 is 5.22. The fourth-order valence-electron chi connectivity index (χ4n) is 8.39. The van der Waals surface area contributed by atoms with Crippen molar-refractivity contribution in [3.8, 4) is 0 Å². The summed E-state index contributed by atoms with van der Waals surface area (Å²) in [5, 5.41) is 12.7. The van der Waals surface area contributed by atoms with Crippen molar-refractivity contribution in [2.45, 2.75) is 82.5 Å². The number of carbonyl (C=O) groups excluding carboxylic acids is 1. The minimum absolute atomic E-state index is 0.113. The van der Waals surface area contributed by atoms with Gasteiger partial charge in [0.1, 0.15) is 6.61 Å². The maximum atomic E-state index is 12.2. The predicted octanol–water partition coefficient (Wildman–Crippen LogP) is 4.54. The van der Waals surface area contributed by atoms with Gasteiger partial charge in [-0.1, -0.05) is 13.8 Å². The van der Waals surface area contributed by atoms with Gasteiger partial charge in [0.2, 0.25) is 0 Å². The lowest BCUT2D eigenvalue weighted by Crippen LogP contribution is -2.62. The number of carbonyl (C=O) groups is 1. The van der Waals surface area contributed by atoms with Crippen molar-refractivity contribution in [2.75, 3.05) is 6.61 Å². The topological polar surface area (TPSA) is 46.5 Å². The Hall–Kier alpha value is -0.480. The Morgan fingerprint density at radius 2 is 1.89 bits per heavy atom. The van der Waals surface area contributed by atoms with Gasteiger partial charge in [-0.05, 0) is 92.4 Å². The van der Waals surface area contributed by atoms with Crippen LogP contribution in [0.1, 0.15) is 71.6 Å². The number of hydrogen-bond donors (Lipinski definition) is 2. The third-order valence-corrected chi connectivity index (χ3v) is 10.4. The molecular weight excluding hydrogens is 356 g/mol. The number of ether oxygens (including phenoxy) is 1. The summed E-state index contributed by atoms with van der Waals surface area (Å²) in [6, 6.07) is 0. The van der Waals surface area contributed by atoms with E-state index in [0.29, 0.717) is 35.0 Å². The first kappa shape index (κ1) is 18.5. The van der Waals surface area contributed by atoms with Crippen molar-refractivity contribution in [1.29, 1.82) is 0 Å². The van der Waals surface area contributed by atoms with E-state index in [1.165, 1.54) is 38.5 Å². The first-order valence-corrected chi connectivity index (χ1v) is 11.6. The Morgan fingerprint density at radius 1 is 1.07 bits per heavy atom. The molecule has 1 aliphatic heterocycles. The molecule has 8 atom stereocenters. The lowest BCUT2D eigenvalue weighted by molar-refractivity contribution is -0.203. The van der Waals surface area contributed by atoms with E-state index in [9.17, 15) is 9.90 Å². The molecule has 3 nitrogen and oxygen atoms in total. The van der Waals surface area contributed by atoms with Crippen LogP contribution in [0, 0.1) is 34.5 Å². The van der Waals surface area contributed by atoms with Crippen LogP contribution in [-0.2, 0) is 9.53 Å². The monoisotopic (exact) mass is 390 g/mol. The predicted molar refractivity (Wildman–Crippen MR) is 108 cm³/mol. The molecule has 4 fully saturated rings. The van der Waals surface area contributed by atoms with Gasteiger partial charge in [0.15, 0.2) is 0 Å². The van der Waals surface area contributed by atoms with Crippen LogP contribution in [0.5, 0.6) is 0 Å². The molecule has 1 unspecified atom stereocenters. The van der Waals surface area contributed by atoms with Gasteiger partial charge in [0.05, 0.1) is 5.60 Å². The number of hydrogen-bond acceptors (Lipinski definition) is 4. The maximum absolute atomic E-state index is 12.2. The van der Waals surface area contributed by atoms with Gasteiger partial charge in [-0.15, -0.1) is 0 Å². The number of thiol groups is 1. The summed E-state index contributed by atoms with van der Waals surface area (Å²) >= 11 is 4.80. The van der Waals surface area contributed by atoms with E-state index >= 15 is 0 Å². The van der Waals surface area contributed by atoms with E-state index in [4.69, 9.17) is 17.4 Å². The molecule has 150 valence electrons. The van der Waals surface area contributed by atoms with E-state index in [1.54, 1.807) is 6.08 Å². The molecule has 0 radical (unpaired) electrons. The summed E-state index contributed by atoms with van der Waals surface area (Å²) in [5.41, 5.74) is 0.812. The van der Waals surface area contributed by atoms with Gasteiger partial charge in [0.25, 0.3) is 0 Å². The molecule has 0 saturated heterocycles. The molecule has 0 aromatic carbocycles. The molecule has 0 aromatic heterocycles. The molecule has 0 spiro atoms. The molecule has 1 heterocycles. The Morgan fingerprint density at radius 3 is 2.63 bits per heavy atom. The highest BCUT2D eigenvalue weighted by Gasteiger charge is 2.67. The van der Waals surface area contributed by atoms with E-state index in [-0.39, 0.29) is 11.4 Å². The zero-order chi connectivity index (χ0) is 19.0. The summed E-state index contributed by atoms with van der Waals surface area (Å²) in [6.45, 7) is 5.27. The van der Waals surface area contributed by atoms with Crippen LogP contribution in [-0.4, -0.2) is 28.5 Å². The lowest BCUT2D eigenvalue weighted by Gasteiger charge is -2.63. The maximum Gasteiger partial charge on any atom is 0.331 e. The summed E-state index contributed by atoms with van der Waals surface area (Å²) in [6.07, 6.45) is 12.1. The molecule has 4 aliphatic carbocycles. The average molecular weight is 391 g/mol. The van der Waals surface area contributed by atoms with Crippen LogP contribution in [0.4, 0.5) is 0 Å². The minimum Gasteiger partial charge on any atom is -0.458 e. The van der Waals surface area contributed by atoms with Crippen LogP contribution < -0.4 is 0 Å². The number of cyclic esters (lactones) is 1. The number of aliphatic hydroxyl groups is 1. The first-order chi connectivity index (χ1) is 12.8. The molecule has 4 saturated carbocycles. The molecule has 5 aliphatic rings. The van der Waals surface area contributed by atoms with Crippen molar-refractivity contribution >= 4 is 18.6 Å². The highest BCUT2D eigenvalue weighted by molar-refractivity contribution is 7.80. The second-order valence-corrected chi connectivity index (χ2v) is 11.5. The Kier molecular flexibility index (Phi) is 4.13. The fourth-order valence-corrected chi connectivity index (χ4v) is 8.77. The summed E-state index contributed by atoms with van der Waals surface area (Å²) in [5.74, 6) is 1.94. The number of fused-ring (bicyclic) bond motifs is 5. The highest BCUT2D eigenvalue weighted by atomic mass is 32.1. The fraction of sp³-hybridized carbons (Fsp3) is 0.870. The van der Waals surface area contributed by atoms with E-state index < -0.39 is 5.60 Å². The van der Waals surface area contributed by atoms with Crippen LogP contribution in [0.15, 0.2) is 11.6 Å². The normalized spacial score (nSPS) is 54.6. The van der Waals surface area contributed by atoms with E-state index in [2.05, 4.69) is 13.8 Å². The number of rotatable bonds is 1. The van der Waals surface area contributed by atoms with Crippen LogP contribution in [0.3, 0.4) is 0 Å². The van der Waals surface area contributed by atoms with Crippen molar-refractivity contribution in [3.05, 3.63) is 11.6 Å². The van der Waals surface area contributed by atoms with Gasteiger partial charge in [-0.3, -0.25) is 0 Å². The highest BCUT2D eigenvalue weighted by Crippen LogP contribution is 2.70. The van der Waals surface area contributed by atoms with Crippen molar-refractivity contribution in [2.24, 2.45) is 34.5 Å². The molecule has 27 heavy (non-hydrogen) atoms. The van der Waals surface area contributed by atoms with E-state index in [1.807, 2.05) is 0 Å². The Bertz CT molecular complexity index is 689. The molecule has 0 bridgehead atoms. The van der Waals surface area contributed by atoms with Crippen LogP contribution in [0.2, 0.25) is 0 Å². The van der Waals surface area contributed by atoms with Crippen molar-refractivity contribution in [3.63, 3.8) is 0 Å². The van der Waals surface area contributed by atoms with Gasteiger partial charge in [-0.25, -0.2) is 4.79 Å². The molecule has 0 amide bonds. The molecule has 4 heteroatoms. The molecule has 5 rings (SSSR count). The smallest absolute Gasteiger partial charge is 0.331 e. The lowest BCUT2D eigenvalue weighted by atomic mass is 9.43. The third-order valence-electron chi connectivity index (χ3n) is 9.96. The second kappa shape index (κ2) is 6.01. The summed E-state index contributed by atoms with van der Waals surface area (Å²) in [7, 11) is 0. The van der Waals surface area contributed by atoms with E-state index in [0.717, 1.165) is 30.8 Å². The second-order valence-electron chi connectivity index (χ2n) is 10.7. The van der Waals surface area contributed by atoms with Crippen molar-refractivity contribution in [1.82, 2.24) is 0 Å². The van der Waals surface area contributed by atoms with Crippen molar-refractivity contribution < 1.29 is 14.6 Å². The Balaban J connectivity index is 1.47. The average Bonchev–Trinajstić information content (AvgIpc) is 3.16. The third kappa shape index (κ3) is 2.41. The minimum atomic E-state index is -0.584. The standard InChI is InChI=1S/C23H34O3S/c1-21-8-5-16(27)12-15(21)3-4-19-18(21)6-9-22(2)17(7-10-23(19,22)25)14-11-20(24)26-13-14/h11,15-19,25,27H,3-10,12-13H2,1-2H3/t15-,16?,17-,18+,19-,21+,22-,23+/m1/s1. The first-order valence-electron chi connectivity index (χ1n) is 11.1. The molecule has 0 aromatic rings. The largest absolute Gasteiger partial charge is 0.458 e. The van der Waals surface area contributed by atoms with Crippen LogP contribution in [0.25, 0.3) is 0 Å². The molecular formula is C23H34O3S. The van der Waals surface area contributed by atoms with Gasteiger partial charge < -0.3 is 9.84 Å². The Labute approximate surface area is 168 Å². The zero-order valence-corrected chi connectivity index (χ0v) is 17.6. The SMILES string of the molecule is C[C@]12CCC(S)C[C@H]1CC[C@@H]1[C@@H]2CC[C@]2(C)[C@@H](C3=CC(=O)OC3)CC[C@]12O. The van der Waals surface area contributed by atoms with Gasteiger partial charge >= 0.3 is 5.97 Å². The number of esters is 1. The van der Waals surface area contributed by atoms with Gasteiger partial charge in [0, 0.05) is 16.7 Å². The molecule has 1 N–H and O–H groups in total. The van der Waals surface area contributed by atoms with Gasteiger partial charge in [-0.2, -0.15) is 12.6 Å². The summed E-state index contributed by atoms with van der Waals surface area (Å²) in [4.78, 5) is 11.6. The quantitative estimate of drug-likeness (QED) is 0.510.